The van der Waals surface area contributed by atoms with Gasteiger partial charge in [-0.3, -0.25) is 0 Å². The van der Waals surface area contributed by atoms with Crippen LogP contribution in [0.1, 0.15) is 57.6 Å². The van der Waals surface area contributed by atoms with Gasteiger partial charge in [-0.2, -0.15) is 0 Å². The monoisotopic (exact) mass is 291 g/mol. The molecule has 0 aromatic heterocycles. The number of halogens is 1. The molecule has 1 N–H and O–H groups in total. The standard InChI is InChI=1S/C18H26FNO/c1-3-21-17-12-16(18(17)9-4-5-10-18)20-13(2)14-7-6-8-15(19)11-14/h6-8,11,13,16-17,20H,3-5,9-10,12H2,1-2H3/t13-,16?,17?/m0/s1. The Kier molecular flexibility index (Phi) is 4.32. The van der Waals surface area contributed by atoms with E-state index in [0.29, 0.717) is 17.6 Å². The molecule has 3 rings (SSSR count). The van der Waals surface area contributed by atoms with E-state index in [2.05, 4.69) is 19.2 Å². The molecule has 2 saturated carbocycles. The van der Waals surface area contributed by atoms with Crippen LogP contribution in [0.4, 0.5) is 4.39 Å². The van der Waals surface area contributed by atoms with Crippen LogP contribution in [-0.2, 0) is 4.74 Å². The summed E-state index contributed by atoms with van der Waals surface area (Å²) < 4.78 is 19.3. The van der Waals surface area contributed by atoms with Gasteiger partial charge < -0.3 is 10.1 Å². The molecule has 0 heterocycles. The fraction of sp³-hybridized carbons (Fsp3) is 0.667. The number of ether oxygens (including phenoxy) is 1. The van der Waals surface area contributed by atoms with Crippen molar-refractivity contribution in [1.29, 1.82) is 0 Å². The molecular weight excluding hydrogens is 265 g/mol. The third kappa shape index (κ3) is 2.74. The molecule has 21 heavy (non-hydrogen) atoms. The fourth-order valence-electron chi connectivity index (χ4n) is 4.29. The largest absolute Gasteiger partial charge is 0.378 e. The highest BCUT2D eigenvalue weighted by molar-refractivity contribution is 5.21. The Morgan fingerprint density at radius 2 is 2.14 bits per heavy atom. The van der Waals surface area contributed by atoms with Crippen molar-refractivity contribution in [3.63, 3.8) is 0 Å². The average molecular weight is 291 g/mol. The van der Waals surface area contributed by atoms with Gasteiger partial charge in [0.1, 0.15) is 5.82 Å². The quantitative estimate of drug-likeness (QED) is 0.877. The van der Waals surface area contributed by atoms with Crippen molar-refractivity contribution in [2.24, 2.45) is 5.41 Å². The van der Waals surface area contributed by atoms with Gasteiger partial charge in [-0.15, -0.1) is 0 Å². The van der Waals surface area contributed by atoms with E-state index in [0.717, 1.165) is 18.6 Å². The first-order valence-corrected chi connectivity index (χ1v) is 8.29. The zero-order valence-corrected chi connectivity index (χ0v) is 13.1. The van der Waals surface area contributed by atoms with Crippen molar-refractivity contribution in [3.05, 3.63) is 35.6 Å². The lowest BCUT2D eigenvalue weighted by Gasteiger charge is -2.55. The lowest BCUT2D eigenvalue weighted by molar-refractivity contribution is -0.132. The van der Waals surface area contributed by atoms with Crippen LogP contribution in [0.2, 0.25) is 0 Å². The average Bonchev–Trinajstić information content (AvgIpc) is 2.98. The maximum Gasteiger partial charge on any atom is 0.123 e. The van der Waals surface area contributed by atoms with E-state index >= 15 is 0 Å². The molecule has 0 aliphatic heterocycles. The van der Waals surface area contributed by atoms with Crippen molar-refractivity contribution >= 4 is 0 Å². The second-order valence-electron chi connectivity index (χ2n) is 6.62. The van der Waals surface area contributed by atoms with Gasteiger partial charge in [0.25, 0.3) is 0 Å². The summed E-state index contributed by atoms with van der Waals surface area (Å²) in [7, 11) is 0. The van der Waals surface area contributed by atoms with Gasteiger partial charge in [0.05, 0.1) is 6.10 Å². The minimum atomic E-state index is -0.155. The Balaban J connectivity index is 1.67. The van der Waals surface area contributed by atoms with E-state index in [-0.39, 0.29) is 11.9 Å². The Labute approximate surface area is 127 Å². The predicted octanol–water partition coefficient (Wildman–Crippen LogP) is 4.21. The zero-order chi connectivity index (χ0) is 14.9. The molecule has 116 valence electrons. The summed E-state index contributed by atoms with van der Waals surface area (Å²) in [6, 6.07) is 7.63. The summed E-state index contributed by atoms with van der Waals surface area (Å²) in [5, 5.41) is 3.73. The van der Waals surface area contributed by atoms with Crippen LogP contribution in [0.3, 0.4) is 0 Å². The molecule has 0 saturated heterocycles. The molecule has 1 aromatic carbocycles. The molecule has 0 amide bonds. The van der Waals surface area contributed by atoms with Gasteiger partial charge in [0.2, 0.25) is 0 Å². The van der Waals surface area contributed by atoms with Crippen LogP contribution in [0.25, 0.3) is 0 Å². The fourth-order valence-corrected chi connectivity index (χ4v) is 4.29. The van der Waals surface area contributed by atoms with Crippen LogP contribution in [0.15, 0.2) is 24.3 Å². The summed E-state index contributed by atoms with van der Waals surface area (Å²) in [5.74, 6) is -0.155. The molecule has 2 nitrogen and oxygen atoms in total. The highest BCUT2D eigenvalue weighted by Gasteiger charge is 2.56. The predicted molar refractivity (Wildman–Crippen MR) is 82.7 cm³/mol. The van der Waals surface area contributed by atoms with Crippen molar-refractivity contribution in [2.75, 3.05) is 6.61 Å². The second kappa shape index (κ2) is 6.05. The molecule has 2 aliphatic rings. The molecule has 0 radical (unpaired) electrons. The Morgan fingerprint density at radius 3 is 2.81 bits per heavy atom. The van der Waals surface area contributed by atoms with Crippen molar-refractivity contribution < 1.29 is 9.13 Å². The first-order chi connectivity index (χ1) is 10.2. The van der Waals surface area contributed by atoms with E-state index in [1.807, 2.05) is 6.07 Å². The molecule has 1 aromatic rings. The summed E-state index contributed by atoms with van der Waals surface area (Å²) in [4.78, 5) is 0. The number of rotatable bonds is 5. The molecule has 1 spiro atoms. The summed E-state index contributed by atoms with van der Waals surface area (Å²) in [6.45, 7) is 5.02. The molecule has 3 atom stereocenters. The normalized spacial score (nSPS) is 28.5. The summed E-state index contributed by atoms with van der Waals surface area (Å²) in [6.07, 6.45) is 6.68. The van der Waals surface area contributed by atoms with Gasteiger partial charge >= 0.3 is 0 Å². The number of hydrogen-bond acceptors (Lipinski definition) is 2. The van der Waals surface area contributed by atoms with Crippen molar-refractivity contribution in [2.45, 2.75) is 64.1 Å². The van der Waals surface area contributed by atoms with Crippen LogP contribution in [-0.4, -0.2) is 18.8 Å². The van der Waals surface area contributed by atoms with Crippen LogP contribution in [0, 0.1) is 11.2 Å². The number of benzene rings is 1. The van der Waals surface area contributed by atoms with Gasteiger partial charge in [-0.1, -0.05) is 25.0 Å². The Morgan fingerprint density at radius 1 is 1.38 bits per heavy atom. The Bertz CT molecular complexity index is 484. The van der Waals surface area contributed by atoms with Crippen molar-refractivity contribution in [3.8, 4) is 0 Å². The maximum atomic E-state index is 13.4. The topological polar surface area (TPSA) is 21.3 Å². The highest BCUT2D eigenvalue weighted by atomic mass is 19.1. The number of nitrogens with one attached hydrogen (secondary N) is 1. The van der Waals surface area contributed by atoms with Crippen molar-refractivity contribution in [1.82, 2.24) is 5.32 Å². The molecule has 2 fully saturated rings. The minimum absolute atomic E-state index is 0.155. The van der Waals surface area contributed by atoms with E-state index in [1.54, 1.807) is 12.1 Å². The van der Waals surface area contributed by atoms with Crippen LogP contribution >= 0.6 is 0 Å². The molecule has 0 bridgehead atoms. The van der Waals surface area contributed by atoms with Gasteiger partial charge in [0, 0.05) is 24.1 Å². The van der Waals surface area contributed by atoms with Gasteiger partial charge in [-0.05, 0) is 50.8 Å². The number of hydrogen-bond donors (Lipinski definition) is 1. The first kappa shape index (κ1) is 15.0. The SMILES string of the molecule is CCOC1CC(N[C@@H](C)c2cccc(F)c2)C12CCCC2. The third-order valence-corrected chi connectivity index (χ3v) is 5.49. The van der Waals surface area contributed by atoms with Crippen LogP contribution in [0.5, 0.6) is 0 Å². The van der Waals surface area contributed by atoms with E-state index in [4.69, 9.17) is 4.74 Å². The zero-order valence-electron chi connectivity index (χ0n) is 13.1. The smallest absolute Gasteiger partial charge is 0.123 e. The molecular formula is C18H26FNO. The molecule has 3 heteroatoms. The molecule has 2 unspecified atom stereocenters. The van der Waals surface area contributed by atoms with E-state index in [1.165, 1.54) is 31.7 Å². The summed E-state index contributed by atoms with van der Waals surface area (Å²) >= 11 is 0. The highest BCUT2D eigenvalue weighted by Crippen LogP contribution is 2.55. The third-order valence-electron chi connectivity index (χ3n) is 5.49. The Hall–Kier alpha value is -0.930. The lowest BCUT2D eigenvalue weighted by Crippen LogP contribution is -2.63. The summed E-state index contributed by atoms with van der Waals surface area (Å²) in [5.41, 5.74) is 1.36. The van der Waals surface area contributed by atoms with E-state index < -0.39 is 0 Å². The first-order valence-electron chi connectivity index (χ1n) is 8.29. The van der Waals surface area contributed by atoms with Crippen LogP contribution < -0.4 is 5.32 Å². The maximum absolute atomic E-state index is 13.4. The molecule has 2 aliphatic carbocycles. The second-order valence-corrected chi connectivity index (χ2v) is 6.62. The van der Waals surface area contributed by atoms with E-state index in [9.17, 15) is 4.39 Å². The lowest BCUT2D eigenvalue weighted by atomic mass is 9.60. The minimum Gasteiger partial charge on any atom is -0.378 e. The van der Waals surface area contributed by atoms with Gasteiger partial charge in [0.15, 0.2) is 0 Å². The van der Waals surface area contributed by atoms with Gasteiger partial charge in [-0.25, -0.2) is 4.39 Å².